The maximum atomic E-state index is 13.3. The van der Waals surface area contributed by atoms with Crippen LogP contribution in [0, 0.1) is 26.6 Å². The second-order valence-electron chi connectivity index (χ2n) is 5.92. The van der Waals surface area contributed by atoms with E-state index in [1.807, 2.05) is 0 Å². The van der Waals surface area contributed by atoms with Gasteiger partial charge >= 0.3 is 0 Å². The summed E-state index contributed by atoms with van der Waals surface area (Å²) in [4.78, 5) is 0. The molecule has 2 atom stereocenters. The summed E-state index contributed by atoms with van der Waals surface area (Å²) in [6, 6.07) is 8.73. The molecule has 110 valence electrons. The topological polar surface area (TPSA) is 35.2 Å². The molecule has 1 unspecified atom stereocenters. The number of fused-ring (bicyclic) bond motifs is 1. The molecule has 0 amide bonds. The fourth-order valence-electron chi connectivity index (χ4n) is 3.00. The smallest absolute Gasteiger partial charge is 0.126 e. The number of rotatable bonds is 1. The van der Waals surface area contributed by atoms with Crippen LogP contribution < -0.4 is 10.5 Å². The molecule has 3 heteroatoms. The monoisotopic (exact) mass is 285 g/mol. The fourth-order valence-corrected chi connectivity index (χ4v) is 3.00. The highest BCUT2D eigenvalue weighted by molar-refractivity contribution is 5.42. The number of aryl methyl sites for hydroxylation is 3. The minimum atomic E-state index is -0.270. The molecule has 2 N–H and O–H groups in total. The third kappa shape index (κ3) is 2.54. The first-order chi connectivity index (χ1) is 9.95. The molecule has 0 aromatic heterocycles. The molecule has 1 heterocycles. The van der Waals surface area contributed by atoms with E-state index in [2.05, 4.69) is 32.9 Å². The Morgan fingerprint density at radius 1 is 1.00 bits per heavy atom. The van der Waals surface area contributed by atoms with Gasteiger partial charge in [-0.15, -0.1) is 0 Å². The molecule has 0 fully saturated rings. The predicted octanol–water partition coefficient (Wildman–Crippen LogP) is 4.27. The molecule has 21 heavy (non-hydrogen) atoms. The fraction of sp³-hybridized carbons (Fsp3) is 0.333. The standard InChI is InChI=1S/C18H20FNO/c1-10-6-12(3)14(7-11(10)2)18-9-16(20)15-8-13(19)4-5-17(15)21-18/h4-8,16,18H,9,20H2,1-3H3/t16-,18?/m1/s1. The van der Waals surface area contributed by atoms with E-state index in [4.69, 9.17) is 10.5 Å². The Labute approximate surface area is 124 Å². The van der Waals surface area contributed by atoms with Gasteiger partial charge in [-0.25, -0.2) is 4.39 Å². The highest BCUT2D eigenvalue weighted by Crippen LogP contribution is 2.41. The summed E-state index contributed by atoms with van der Waals surface area (Å²) in [5.41, 5.74) is 11.9. The summed E-state index contributed by atoms with van der Waals surface area (Å²) < 4.78 is 19.4. The van der Waals surface area contributed by atoms with Gasteiger partial charge < -0.3 is 10.5 Å². The van der Waals surface area contributed by atoms with Gasteiger partial charge in [0.25, 0.3) is 0 Å². The van der Waals surface area contributed by atoms with Crippen molar-refractivity contribution in [3.8, 4) is 5.75 Å². The van der Waals surface area contributed by atoms with Crippen molar-refractivity contribution in [2.75, 3.05) is 0 Å². The Balaban J connectivity index is 1.99. The average Bonchev–Trinajstić information content (AvgIpc) is 2.43. The first-order valence-electron chi connectivity index (χ1n) is 7.25. The van der Waals surface area contributed by atoms with Crippen molar-refractivity contribution in [1.29, 1.82) is 0 Å². The summed E-state index contributed by atoms with van der Waals surface area (Å²) in [7, 11) is 0. The number of halogens is 1. The highest BCUT2D eigenvalue weighted by Gasteiger charge is 2.28. The molecule has 0 radical (unpaired) electrons. The number of nitrogens with two attached hydrogens (primary N) is 1. The Morgan fingerprint density at radius 2 is 1.71 bits per heavy atom. The molecule has 3 rings (SSSR count). The van der Waals surface area contributed by atoms with Gasteiger partial charge in [-0.05, 0) is 61.2 Å². The van der Waals surface area contributed by atoms with Crippen LogP contribution >= 0.6 is 0 Å². The normalized spacial score (nSPS) is 20.8. The number of hydrogen-bond donors (Lipinski definition) is 1. The van der Waals surface area contributed by atoms with Crippen LogP contribution in [0.5, 0.6) is 5.75 Å². The lowest BCUT2D eigenvalue weighted by atomic mass is 9.90. The van der Waals surface area contributed by atoms with Gasteiger partial charge in [0.15, 0.2) is 0 Å². The zero-order valence-electron chi connectivity index (χ0n) is 12.6. The van der Waals surface area contributed by atoms with E-state index in [9.17, 15) is 4.39 Å². The van der Waals surface area contributed by atoms with E-state index < -0.39 is 0 Å². The maximum Gasteiger partial charge on any atom is 0.126 e. The zero-order chi connectivity index (χ0) is 15.1. The molecule has 0 saturated heterocycles. The van der Waals surface area contributed by atoms with E-state index in [0.717, 1.165) is 5.56 Å². The van der Waals surface area contributed by atoms with E-state index in [0.29, 0.717) is 12.2 Å². The van der Waals surface area contributed by atoms with Crippen molar-refractivity contribution >= 4 is 0 Å². The Bertz CT molecular complexity index is 696. The van der Waals surface area contributed by atoms with Crippen LogP contribution in [0.3, 0.4) is 0 Å². The summed E-state index contributed by atoms with van der Waals surface area (Å²) in [5, 5.41) is 0. The molecule has 0 aliphatic carbocycles. The third-order valence-corrected chi connectivity index (χ3v) is 4.34. The Kier molecular flexibility index (Phi) is 3.46. The summed E-state index contributed by atoms with van der Waals surface area (Å²) in [6.07, 6.45) is 0.594. The summed E-state index contributed by atoms with van der Waals surface area (Å²) in [6.45, 7) is 6.30. The van der Waals surface area contributed by atoms with Crippen LogP contribution in [-0.4, -0.2) is 0 Å². The first kappa shape index (κ1) is 14.1. The molecule has 1 aliphatic heterocycles. The van der Waals surface area contributed by atoms with Crippen LogP contribution in [0.15, 0.2) is 30.3 Å². The molecule has 0 spiro atoms. The minimum absolute atomic E-state index is 0.0720. The van der Waals surface area contributed by atoms with E-state index in [1.165, 1.54) is 34.4 Å². The van der Waals surface area contributed by atoms with Gasteiger partial charge in [-0.2, -0.15) is 0 Å². The quantitative estimate of drug-likeness (QED) is 0.849. The lowest BCUT2D eigenvalue weighted by Gasteiger charge is -2.31. The van der Waals surface area contributed by atoms with Crippen molar-refractivity contribution < 1.29 is 9.13 Å². The third-order valence-electron chi connectivity index (χ3n) is 4.34. The zero-order valence-corrected chi connectivity index (χ0v) is 12.6. The largest absolute Gasteiger partial charge is 0.485 e. The maximum absolute atomic E-state index is 13.3. The lowest BCUT2D eigenvalue weighted by Crippen LogP contribution is -2.25. The van der Waals surface area contributed by atoms with Gasteiger partial charge in [0.2, 0.25) is 0 Å². The van der Waals surface area contributed by atoms with Gasteiger partial charge in [0.05, 0.1) is 0 Å². The molecule has 2 nitrogen and oxygen atoms in total. The van der Waals surface area contributed by atoms with Crippen LogP contribution in [0.25, 0.3) is 0 Å². The number of hydrogen-bond acceptors (Lipinski definition) is 2. The van der Waals surface area contributed by atoms with Gasteiger partial charge in [-0.3, -0.25) is 0 Å². The molecule has 2 aromatic carbocycles. The Morgan fingerprint density at radius 3 is 2.48 bits per heavy atom. The van der Waals surface area contributed by atoms with Crippen molar-refractivity contribution in [2.24, 2.45) is 5.73 Å². The summed E-state index contributed by atoms with van der Waals surface area (Å²) in [5.74, 6) is 0.423. The van der Waals surface area contributed by atoms with E-state index in [1.54, 1.807) is 6.07 Å². The molecule has 2 aromatic rings. The molecular formula is C18H20FNO. The summed E-state index contributed by atoms with van der Waals surface area (Å²) >= 11 is 0. The van der Waals surface area contributed by atoms with Crippen molar-refractivity contribution in [2.45, 2.75) is 39.3 Å². The van der Waals surface area contributed by atoms with Gasteiger partial charge in [-0.1, -0.05) is 12.1 Å². The average molecular weight is 285 g/mol. The van der Waals surface area contributed by atoms with E-state index in [-0.39, 0.29) is 18.0 Å². The van der Waals surface area contributed by atoms with Crippen LogP contribution in [0.1, 0.15) is 46.4 Å². The van der Waals surface area contributed by atoms with Crippen molar-refractivity contribution in [3.05, 3.63) is 64.0 Å². The van der Waals surface area contributed by atoms with Crippen molar-refractivity contribution in [3.63, 3.8) is 0 Å². The lowest BCUT2D eigenvalue weighted by molar-refractivity contribution is 0.160. The van der Waals surface area contributed by atoms with Crippen LogP contribution in [0.2, 0.25) is 0 Å². The van der Waals surface area contributed by atoms with E-state index >= 15 is 0 Å². The molecule has 0 bridgehead atoms. The van der Waals surface area contributed by atoms with Gasteiger partial charge in [0.1, 0.15) is 17.7 Å². The second kappa shape index (κ2) is 5.15. The molecular weight excluding hydrogens is 265 g/mol. The highest BCUT2D eigenvalue weighted by atomic mass is 19.1. The second-order valence-corrected chi connectivity index (χ2v) is 5.92. The number of ether oxygens (including phenoxy) is 1. The Hall–Kier alpha value is -1.87. The van der Waals surface area contributed by atoms with Gasteiger partial charge in [0, 0.05) is 18.0 Å². The van der Waals surface area contributed by atoms with Crippen molar-refractivity contribution in [1.82, 2.24) is 0 Å². The number of benzene rings is 2. The molecule has 0 saturated carbocycles. The van der Waals surface area contributed by atoms with Crippen LogP contribution in [0.4, 0.5) is 4.39 Å². The minimum Gasteiger partial charge on any atom is -0.485 e. The SMILES string of the molecule is Cc1cc(C)c(C2C[C@@H](N)c3cc(F)ccc3O2)cc1C. The first-order valence-corrected chi connectivity index (χ1v) is 7.25. The predicted molar refractivity (Wildman–Crippen MR) is 82.0 cm³/mol. The molecule has 1 aliphatic rings. The van der Waals surface area contributed by atoms with Crippen LogP contribution in [-0.2, 0) is 0 Å².